The average Bonchev–Trinajstić information content (AvgIpc) is 2.68. The number of Topliss-reactive ketones (excluding diaryl/α,β-unsaturated/α-hetero) is 1. The van der Waals surface area contributed by atoms with Gasteiger partial charge in [-0.05, 0) is 42.2 Å². The normalized spacial score (nSPS) is 11.9. The lowest BCUT2D eigenvalue weighted by molar-refractivity contribution is -0.121. The molecule has 0 heterocycles. The molecule has 0 aromatic heterocycles. The first-order valence-corrected chi connectivity index (χ1v) is 9.50. The SMILES string of the molecule is COc1ccc(C(=O)CCCC(=O)NCC(c2ccccc2)C(C)C)cc1. The molecule has 0 saturated carbocycles. The minimum Gasteiger partial charge on any atom is -0.497 e. The van der Waals surface area contributed by atoms with Crippen LogP contribution in [0.15, 0.2) is 54.6 Å². The number of ketones is 1. The molecule has 144 valence electrons. The Kier molecular flexibility index (Phi) is 8.05. The van der Waals surface area contributed by atoms with Crippen LogP contribution in [0.25, 0.3) is 0 Å². The highest BCUT2D eigenvalue weighted by atomic mass is 16.5. The molecular weight excluding hydrogens is 338 g/mol. The highest BCUT2D eigenvalue weighted by molar-refractivity contribution is 5.96. The summed E-state index contributed by atoms with van der Waals surface area (Å²) in [5.74, 6) is 1.50. The molecule has 0 bridgehead atoms. The van der Waals surface area contributed by atoms with Gasteiger partial charge in [-0.15, -0.1) is 0 Å². The lowest BCUT2D eigenvalue weighted by Gasteiger charge is -2.22. The van der Waals surface area contributed by atoms with Crippen LogP contribution in [0.3, 0.4) is 0 Å². The molecule has 0 fully saturated rings. The maximum atomic E-state index is 12.2. The Balaban J connectivity index is 1.75. The number of rotatable bonds is 10. The zero-order chi connectivity index (χ0) is 19.6. The Hall–Kier alpha value is -2.62. The first-order valence-electron chi connectivity index (χ1n) is 9.50. The Morgan fingerprint density at radius 2 is 1.63 bits per heavy atom. The molecule has 1 atom stereocenters. The summed E-state index contributed by atoms with van der Waals surface area (Å²) < 4.78 is 5.09. The van der Waals surface area contributed by atoms with E-state index in [1.807, 2.05) is 18.2 Å². The monoisotopic (exact) mass is 367 g/mol. The number of hydrogen-bond donors (Lipinski definition) is 1. The second kappa shape index (κ2) is 10.5. The molecule has 2 rings (SSSR count). The van der Waals surface area contributed by atoms with Gasteiger partial charge in [0.05, 0.1) is 7.11 Å². The van der Waals surface area contributed by atoms with E-state index in [1.165, 1.54) is 5.56 Å². The third-order valence-corrected chi connectivity index (χ3v) is 4.77. The van der Waals surface area contributed by atoms with Crippen molar-refractivity contribution < 1.29 is 14.3 Å². The van der Waals surface area contributed by atoms with E-state index in [0.717, 1.165) is 5.75 Å². The van der Waals surface area contributed by atoms with E-state index in [4.69, 9.17) is 4.74 Å². The minimum absolute atomic E-state index is 0.000822. The predicted molar refractivity (Wildman–Crippen MR) is 108 cm³/mol. The van der Waals surface area contributed by atoms with E-state index in [0.29, 0.717) is 37.3 Å². The van der Waals surface area contributed by atoms with Gasteiger partial charge in [-0.1, -0.05) is 44.2 Å². The lowest BCUT2D eigenvalue weighted by Crippen LogP contribution is -2.30. The van der Waals surface area contributed by atoms with Crippen molar-refractivity contribution >= 4 is 11.7 Å². The van der Waals surface area contributed by atoms with Gasteiger partial charge in [-0.3, -0.25) is 9.59 Å². The summed E-state index contributed by atoms with van der Waals surface area (Å²) in [6.45, 7) is 4.95. The van der Waals surface area contributed by atoms with Crippen molar-refractivity contribution in [2.24, 2.45) is 5.92 Å². The van der Waals surface area contributed by atoms with Gasteiger partial charge in [-0.2, -0.15) is 0 Å². The molecular formula is C23H29NO3. The van der Waals surface area contributed by atoms with Crippen LogP contribution < -0.4 is 10.1 Å². The van der Waals surface area contributed by atoms with Crippen LogP contribution >= 0.6 is 0 Å². The highest BCUT2D eigenvalue weighted by Crippen LogP contribution is 2.23. The molecule has 2 aromatic carbocycles. The van der Waals surface area contributed by atoms with Crippen LogP contribution in [0.5, 0.6) is 5.75 Å². The summed E-state index contributed by atoms with van der Waals surface area (Å²) in [6.07, 6.45) is 1.28. The van der Waals surface area contributed by atoms with Crippen molar-refractivity contribution in [3.05, 3.63) is 65.7 Å². The maximum absolute atomic E-state index is 12.2. The Bertz CT molecular complexity index is 723. The molecule has 0 aliphatic carbocycles. The highest BCUT2D eigenvalue weighted by Gasteiger charge is 2.16. The fourth-order valence-electron chi connectivity index (χ4n) is 3.08. The number of ether oxygens (including phenoxy) is 1. The lowest BCUT2D eigenvalue weighted by atomic mass is 9.88. The molecule has 1 amide bonds. The third-order valence-electron chi connectivity index (χ3n) is 4.77. The molecule has 1 unspecified atom stereocenters. The fourth-order valence-corrected chi connectivity index (χ4v) is 3.08. The molecule has 0 aliphatic heterocycles. The van der Waals surface area contributed by atoms with E-state index in [-0.39, 0.29) is 17.6 Å². The van der Waals surface area contributed by atoms with Gasteiger partial charge < -0.3 is 10.1 Å². The van der Waals surface area contributed by atoms with E-state index < -0.39 is 0 Å². The van der Waals surface area contributed by atoms with Crippen molar-refractivity contribution in [3.63, 3.8) is 0 Å². The number of carbonyl (C=O) groups excluding carboxylic acids is 2. The molecule has 0 saturated heterocycles. The van der Waals surface area contributed by atoms with Crippen LogP contribution in [0.4, 0.5) is 0 Å². The van der Waals surface area contributed by atoms with Crippen molar-refractivity contribution in [3.8, 4) is 5.75 Å². The average molecular weight is 367 g/mol. The molecule has 4 heteroatoms. The summed E-state index contributed by atoms with van der Waals surface area (Å²) in [5.41, 5.74) is 1.89. The van der Waals surface area contributed by atoms with E-state index in [2.05, 4.69) is 31.3 Å². The van der Waals surface area contributed by atoms with Crippen LogP contribution in [0.2, 0.25) is 0 Å². The summed E-state index contributed by atoms with van der Waals surface area (Å²) >= 11 is 0. The van der Waals surface area contributed by atoms with Crippen molar-refractivity contribution in [1.82, 2.24) is 5.32 Å². The standard InChI is InChI=1S/C23H29NO3/c1-17(2)21(18-8-5-4-6-9-18)16-24-23(26)11-7-10-22(25)19-12-14-20(27-3)15-13-19/h4-6,8-9,12-15,17,21H,7,10-11,16H2,1-3H3,(H,24,26). The van der Waals surface area contributed by atoms with E-state index >= 15 is 0 Å². The molecule has 0 radical (unpaired) electrons. The summed E-state index contributed by atoms with van der Waals surface area (Å²) in [4.78, 5) is 24.4. The predicted octanol–water partition coefficient (Wildman–Crippen LogP) is 4.60. The fraction of sp³-hybridized carbons (Fsp3) is 0.391. The largest absolute Gasteiger partial charge is 0.497 e. The molecule has 0 spiro atoms. The number of amides is 1. The number of methoxy groups -OCH3 is 1. The first kappa shape index (κ1) is 20.7. The second-order valence-corrected chi connectivity index (χ2v) is 7.07. The topological polar surface area (TPSA) is 55.4 Å². The molecule has 0 aliphatic rings. The van der Waals surface area contributed by atoms with Gasteiger partial charge in [0.25, 0.3) is 0 Å². The van der Waals surface area contributed by atoms with Crippen LogP contribution in [0.1, 0.15) is 54.9 Å². The summed E-state index contributed by atoms with van der Waals surface area (Å²) in [6, 6.07) is 17.3. The van der Waals surface area contributed by atoms with Gasteiger partial charge in [0.15, 0.2) is 5.78 Å². The quantitative estimate of drug-likeness (QED) is 0.624. The van der Waals surface area contributed by atoms with Gasteiger partial charge in [0.1, 0.15) is 5.75 Å². The van der Waals surface area contributed by atoms with Gasteiger partial charge in [0, 0.05) is 30.9 Å². The van der Waals surface area contributed by atoms with Crippen molar-refractivity contribution in [2.45, 2.75) is 39.0 Å². The van der Waals surface area contributed by atoms with E-state index in [1.54, 1.807) is 31.4 Å². The van der Waals surface area contributed by atoms with Gasteiger partial charge in [0.2, 0.25) is 5.91 Å². The zero-order valence-corrected chi connectivity index (χ0v) is 16.4. The summed E-state index contributed by atoms with van der Waals surface area (Å²) in [7, 11) is 1.59. The summed E-state index contributed by atoms with van der Waals surface area (Å²) in [5, 5.41) is 3.02. The van der Waals surface area contributed by atoms with Crippen molar-refractivity contribution in [2.75, 3.05) is 13.7 Å². The van der Waals surface area contributed by atoms with Crippen LogP contribution in [-0.4, -0.2) is 25.3 Å². The molecule has 2 aromatic rings. The van der Waals surface area contributed by atoms with E-state index in [9.17, 15) is 9.59 Å². The zero-order valence-electron chi connectivity index (χ0n) is 16.4. The number of hydrogen-bond acceptors (Lipinski definition) is 3. The molecule has 27 heavy (non-hydrogen) atoms. The van der Waals surface area contributed by atoms with Gasteiger partial charge >= 0.3 is 0 Å². The first-order chi connectivity index (χ1) is 13.0. The van der Waals surface area contributed by atoms with Crippen molar-refractivity contribution in [1.29, 1.82) is 0 Å². The second-order valence-electron chi connectivity index (χ2n) is 7.07. The van der Waals surface area contributed by atoms with Crippen LogP contribution in [-0.2, 0) is 4.79 Å². The van der Waals surface area contributed by atoms with Gasteiger partial charge in [-0.25, -0.2) is 0 Å². The minimum atomic E-state index is -0.000822. The Morgan fingerprint density at radius 3 is 2.22 bits per heavy atom. The third kappa shape index (κ3) is 6.55. The number of benzene rings is 2. The molecule has 1 N–H and O–H groups in total. The smallest absolute Gasteiger partial charge is 0.220 e. The number of carbonyl (C=O) groups is 2. The Morgan fingerprint density at radius 1 is 0.963 bits per heavy atom. The Labute approximate surface area is 161 Å². The number of nitrogens with one attached hydrogen (secondary N) is 1. The maximum Gasteiger partial charge on any atom is 0.220 e. The van der Waals surface area contributed by atoms with Crippen LogP contribution in [0, 0.1) is 5.92 Å². The molecule has 4 nitrogen and oxygen atoms in total.